The number of hydrogen-bond donors (Lipinski definition) is 1. The van der Waals surface area contributed by atoms with Crippen molar-refractivity contribution < 1.29 is 4.79 Å². The Morgan fingerprint density at radius 3 is 2.59 bits per heavy atom. The molecule has 154 valence electrons. The molecule has 0 atom stereocenters. The zero-order valence-corrected chi connectivity index (χ0v) is 17.8. The maximum atomic E-state index is 12.3. The molecule has 1 aromatic heterocycles. The molecular formula is C25H33N3O. The van der Waals surface area contributed by atoms with E-state index in [1.165, 1.54) is 37.6 Å². The monoisotopic (exact) mass is 391 g/mol. The number of para-hydroxylation sites is 2. The molecule has 0 aliphatic rings. The van der Waals surface area contributed by atoms with Crippen molar-refractivity contribution in [3.8, 4) is 0 Å². The second kappa shape index (κ2) is 10.8. The van der Waals surface area contributed by atoms with Gasteiger partial charge in [-0.2, -0.15) is 0 Å². The van der Waals surface area contributed by atoms with Crippen molar-refractivity contribution in [1.82, 2.24) is 14.9 Å². The molecule has 4 nitrogen and oxygen atoms in total. The number of aryl methyl sites for hydroxylation is 2. The molecule has 29 heavy (non-hydrogen) atoms. The number of hydrogen-bond acceptors (Lipinski definition) is 2. The summed E-state index contributed by atoms with van der Waals surface area (Å²) in [5.41, 5.74) is 4.49. The van der Waals surface area contributed by atoms with Crippen LogP contribution in [0.5, 0.6) is 0 Å². The van der Waals surface area contributed by atoms with Crippen molar-refractivity contribution in [2.24, 2.45) is 0 Å². The lowest BCUT2D eigenvalue weighted by molar-refractivity contribution is -0.120. The summed E-state index contributed by atoms with van der Waals surface area (Å²) in [4.78, 5) is 17.2. The first-order chi connectivity index (χ1) is 14.2. The number of nitrogens with zero attached hydrogens (tertiary/aromatic N) is 2. The smallest absolute Gasteiger partial charge is 0.224 e. The zero-order valence-electron chi connectivity index (χ0n) is 17.8. The number of imidazole rings is 1. The van der Waals surface area contributed by atoms with Gasteiger partial charge in [-0.15, -0.1) is 0 Å². The molecule has 0 saturated carbocycles. The molecule has 0 aliphatic carbocycles. The van der Waals surface area contributed by atoms with E-state index in [4.69, 9.17) is 4.98 Å². The fourth-order valence-corrected chi connectivity index (χ4v) is 3.80. The summed E-state index contributed by atoms with van der Waals surface area (Å²) in [6, 6.07) is 16.4. The van der Waals surface area contributed by atoms with E-state index in [0.29, 0.717) is 13.0 Å². The van der Waals surface area contributed by atoms with Crippen LogP contribution in [-0.4, -0.2) is 22.0 Å². The first-order valence-electron chi connectivity index (χ1n) is 10.9. The largest absolute Gasteiger partial charge is 0.355 e. The Hall–Kier alpha value is -2.62. The normalized spacial score (nSPS) is 11.1. The van der Waals surface area contributed by atoms with E-state index in [0.717, 1.165) is 35.4 Å². The maximum Gasteiger partial charge on any atom is 0.224 e. The molecule has 1 N–H and O–H groups in total. The van der Waals surface area contributed by atoms with Gasteiger partial charge in [-0.25, -0.2) is 4.98 Å². The highest BCUT2D eigenvalue weighted by atomic mass is 16.1. The van der Waals surface area contributed by atoms with Gasteiger partial charge in [0.15, 0.2) is 0 Å². The van der Waals surface area contributed by atoms with Crippen LogP contribution >= 0.6 is 0 Å². The summed E-state index contributed by atoms with van der Waals surface area (Å²) in [5.74, 6) is 1.14. The van der Waals surface area contributed by atoms with Crippen LogP contribution in [0.4, 0.5) is 0 Å². The van der Waals surface area contributed by atoms with Crippen molar-refractivity contribution in [2.75, 3.05) is 6.54 Å². The molecule has 3 aromatic rings. The summed E-state index contributed by atoms with van der Waals surface area (Å²) >= 11 is 0. The zero-order chi connectivity index (χ0) is 20.5. The average molecular weight is 392 g/mol. The average Bonchev–Trinajstić information content (AvgIpc) is 3.07. The summed E-state index contributed by atoms with van der Waals surface area (Å²) in [7, 11) is 0. The lowest BCUT2D eigenvalue weighted by atomic mass is 10.1. The van der Waals surface area contributed by atoms with Crippen molar-refractivity contribution in [3.63, 3.8) is 0 Å². The van der Waals surface area contributed by atoms with Gasteiger partial charge in [-0.1, -0.05) is 69.0 Å². The molecule has 0 unspecified atom stereocenters. The number of carbonyl (C=O) groups excluding carboxylic acids is 1. The first-order valence-corrected chi connectivity index (χ1v) is 10.9. The lowest BCUT2D eigenvalue weighted by Gasteiger charge is -2.10. The number of carbonyl (C=O) groups is 1. The van der Waals surface area contributed by atoms with Crippen molar-refractivity contribution in [2.45, 2.75) is 65.3 Å². The van der Waals surface area contributed by atoms with E-state index in [1.54, 1.807) is 0 Å². The standard InChI is InChI=1S/C25H33N3O/c1-3-4-5-6-11-18-28-23-15-10-9-14-22(23)27-24(28)16-17-26-25(29)19-21-13-8-7-12-20(21)2/h7-10,12-15H,3-6,11,16-19H2,1-2H3,(H,26,29). The molecule has 1 heterocycles. The molecule has 4 heteroatoms. The highest BCUT2D eigenvalue weighted by molar-refractivity contribution is 5.79. The topological polar surface area (TPSA) is 46.9 Å². The molecule has 1 amide bonds. The van der Waals surface area contributed by atoms with Crippen LogP contribution in [0.3, 0.4) is 0 Å². The van der Waals surface area contributed by atoms with Gasteiger partial charge in [-0.05, 0) is 36.6 Å². The Kier molecular flexibility index (Phi) is 7.85. The number of rotatable bonds is 11. The number of nitrogens with one attached hydrogen (secondary N) is 1. The number of benzene rings is 2. The maximum absolute atomic E-state index is 12.3. The Labute approximate surface area is 174 Å². The molecule has 2 aromatic carbocycles. The third-order valence-corrected chi connectivity index (χ3v) is 5.50. The van der Waals surface area contributed by atoms with E-state index < -0.39 is 0 Å². The van der Waals surface area contributed by atoms with E-state index >= 15 is 0 Å². The minimum atomic E-state index is 0.0709. The second-order valence-electron chi connectivity index (χ2n) is 7.79. The third kappa shape index (κ3) is 5.93. The van der Waals surface area contributed by atoms with Crippen LogP contribution in [-0.2, 0) is 24.2 Å². The quantitative estimate of drug-likeness (QED) is 0.456. The first kappa shape index (κ1) is 21.1. The van der Waals surface area contributed by atoms with Crippen molar-refractivity contribution in [3.05, 3.63) is 65.5 Å². The molecule has 0 saturated heterocycles. The lowest BCUT2D eigenvalue weighted by Crippen LogP contribution is -2.28. The molecular weight excluding hydrogens is 358 g/mol. The Morgan fingerprint density at radius 1 is 1.00 bits per heavy atom. The van der Waals surface area contributed by atoms with E-state index in [2.05, 4.69) is 35.0 Å². The Bertz CT molecular complexity index is 929. The molecule has 0 spiro atoms. The van der Waals surface area contributed by atoms with Crippen LogP contribution in [0.25, 0.3) is 11.0 Å². The minimum Gasteiger partial charge on any atom is -0.355 e. The number of aromatic nitrogens is 2. The van der Waals surface area contributed by atoms with E-state index in [9.17, 15) is 4.79 Å². The van der Waals surface area contributed by atoms with Gasteiger partial charge in [0, 0.05) is 19.5 Å². The minimum absolute atomic E-state index is 0.0709. The predicted molar refractivity (Wildman–Crippen MR) is 120 cm³/mol. The summed E-state index contributed by atoms with van der Waals surface area (Å²) in [5, 5.41) is 3.07. The number of fused-ring (bicyclic) bond motifs is 1. The summed E-state index contributed by atoms with van der Waals surface area (Å²) in [6.45, 7) is 5.90. The molecule has 3 rings (SSSR count). The Morgan fingerprint density at radius 2 is 1.76 bits per heavy atom. The summed E-state index contributed by atoms with van der Waals surface area (Å²) in [6.07, 6.45) is 7.49. The summed E-state index contributed by atoms with van der Waals surface area (Å²) < 4.78 is 2.34. The van der Waals surface area contributed by atoms with Crippen molar-refractivity contribution in [1.29, 1.82) is 0 Å². The fraction of sp³-hybridized carbons (Fsp3) is 0.440. The molecule has 0 bridgehead atoms. The molecule has 0 fully saturated rings. The highest BCUT2D eigenvalue weighted by Crippen LogP contribution is 2.18. The third-order valence-electron chi connectivity index (χ3n) is 5.50. The Balaban J connectivity index is 1.58. The SMILES string of the molecule is CCCCCCCn1c(CCNC(=O)Cc2ccccc2C)nc2ccccc21. The van der Waals surface area contributed by atoms with Gasteiger partial charge >= 0.3 is 0 Å². The highest BCUT2D eigenvalue weighted by Gasteiger charge is 2.11. The van der Waals surface area contributed by atoms with Crippen LogP contribution in [0.2, 0.25) is 0 Å². The van der Waals surface area contributed by atoms with E-state index in [1.807, 2.05) is 37.3 Å². The van der Waals surface area contributed by atoms with E-state index in [-0.39, 0.29) is 5.91 Å². The predicted octanol–water partition coefficient (Wildman–Crippen LogP) is 5.22. The number of unbranched alkanes of at least 4 members (excludes halogenated alkanes) is 4. The van der Waals surface area contributed by atoms with Crippen LogP contribution in [0.1, 0.15) is 56.0 Å². The van der Waals surface area contributed by atoms with Crippen LogP contribution in [0, 0.1) is 6.92 Å². The molecule has 0 radical (unpaired) electrons. The van der Waals surface area contributed by atoms with Gasteiger partial charge in [0.25, 0.3) is 0 Å². The van der Waals surface area contributed by atoms with Gasteiger partial charge in [0.05, 0.1) is 17.5 Å². The van der Waals surface area contributed by atoms with Crippen LogP contribution < -0.4 is 5.32 Å². The van der Waals surface area contributed by atoms with Gasteiger partial charge in [0.1, 0.15) is 5.82 Å². The van der Waals surface area contributed by atoms with Crippen LogP contribution in [0.15, 0.2) is 48.5 Å². The second-order valence-corrected chi connectivity index (χ2v) is 7.79. The molecule has 0 aliphatic heterocycles. The van der Waals surface area contributed by atoms with Gasteiger partial charge < -0.3 is 9.88 Å². The van der Waals surface area contributed by atoms with Gasteiger partial charge in [0.2, 0.25) is 5.91 Å². The van der Waals surface area contributed by atoms with Gasteiger partial charge in [-0.3, -0.25) is 4.79 Å². The number of amides is 1. The van der Waals surface area contributed by atoms with Crippen molar-refractivity contribution >= 4 is 16.9 Å². The fourth-order valence-electron chi connectivity index (χ4n) is 3.80.